The van der Waals surface area contributed by atoms with Crippen molar-refractivity contribution in [1.82, 2.24) is 14.7 Å². The molecule has 112 valence electrons. The summed E-state index contributed by atoms with van der Waals surface area (Å²) in [6.07, 6.45) is 1.57. The Morgan fingerprint density at radius 1 is 1.43 bits per heavy atom. The molecule has 9 heteroatoms. The average molecular weight is 392 g/mol. The number of nitrogens with one attached hydrogen (secondary N) is 1. The highest BCUT2D eigenvalue weighted by atomic mass is 79.9. The Bertz CT molecular complexity index is 783. The van der Waals surface area contributed by atoms with Crippen molar-refractivity contribution in [2.45, 2.75) is 18.4 Å². The largest absolute Gasteiger partial charge is 0.398 e. The SMILES string of the molecule is Cc1nccc(CNS(=O)(=O)c2cc(Cl)cc(N)c2Br)n1. The molecule has 2 rings (SSSR count). The van der Waals surface area contributed by atoms with Crippen molar-refractivity contribution in [3.05, 3.63) is 45.4 Å². The second-order valence-corrected chi connectivity index (χ2v) is 7.19. The molecule has 0 unspecified atom stereocenters. The van der Waals surface area contributed by atoms with Gasteiger partial charge in [-0.05, 0) is 41.1 Å². The average Bonchev–Trinajstić information content (AvgIpc) is 2.41. The van der Waals surface area contributed by atoms with Crippen molar-refractivity contribution in [2.24, 2.45) is 0 Å². The Morgan fingerprint density at radius 3 is 2.81 bits per heavy atom. The van der Waals surface area contributed by atoms with Crippen LogP contribution in [0.15, 0.2) is 33.8 Å². The van der Waals surface area contributed by atoms with E-state index in [1.165, 1.54) is 12.1 Å². The monoisotopic (exact) mass is 390 g/mol. The van der Waals surface area contributed by atoms with Crippen LogP contribution in [0.4, 0.5) is 5.69 Å². The van der Waals surface area contributed by atoms with E-state index in [4.69, 9.17) is 17.3 Å². The molecule has 0 atom stereocenters. The number of halogens is 2. The molecule has 21 heavy (non-hydrogen) atoms. The summed E-state index contributed by atoms with van der Waals surface area (Å²) in [7, 11) is -3.77. The van der Waals surface area contributed by atoms with Crippen LogP contribution >= 0.6 is 27.5 Å². The first-order chi connectivity index (χ1) is 9.79. The molecule has 1 aromatic heterocycles. The molecule has 0 saturated heterocycles. The van der Waals surface area contributed by atoms with Crippen LogP contribution in [-0.2, 0) is 16.6 Å². The summed E-state index contributed by atoms with van der Waals surface area (Å²) in [6, 6.07) is 4.44. The van der Waals surface area contributed by atoms with Crippen LogP contribution in [0.1, 0.15) is 11.5 Å². The lowest BCUT2D eigenvalue weighted by Crippen LogP contribution is -2.24. The fourth-order valence-electron chi connectivity index (χ4n) is 1.63. The van der Waals surface area contributed by atoms with Crippen molar-refractivity contribution < 1.29 is 8.42 Å². The van der Waals surface area contributed by atoms with E-state index in [1.54, 1.807) is 19.2 Å². The van der Waals surface area contributed by atoms with Gasteiger partial charge in [0.1, 0.15) is 5.82 Å². The Morgan fingerprint density at radius 2 is 2.14 bits per heavy atom. The smallest absolute Gasteiger partial charge is 0.242 e. The highest BCUT2D eigenvalue weighted by molar-refractivity contribution is 9.10. The van der Waals surface area contributed by atoms with E-state index in [1.807, 2.05) is 0 Å². The molecule has 0 amide bonds. The number of hydrogen-bond acceptors (Lipinski definition) is 5. The first-order valence-electron chi connectivity index (χ1n) is 5.82. The number of aryl methyl sites for hydroxylation is 1. The summed E-state index contributed by atoms with van der Waals surface area (Å²) in [5.41, 5.74) is 6.52. The molecule has 0 radical (unpaired) electrons. The number of nitrogens with two attached hydrogens (primary N) is 1. The molecular formula is C12H12BrClN4O2S. The third-order valence-electron chi connectivity index (χ3n) is 2.60. The number of hydrogen-bond donors (Lipinski definition) is 2. The van der Waals surface area contributed by atoms with Crippen molar-refractivity contribution in [2.75, 3.05) is 5.73 Å². The molecule has 0 bridgehead atoms. The fraction of sp³-hybridized carbons (Fsp3) is 0.167. The van der Waals surface area contributed by atoms with E-state index in [9.17, 15) is 8.42 Å². The molecule has 0 aliphatic rings. The van der Waals surface area contributed by atoms with Gasteiger partial charge in [0.25, 0.3) is 0 Å². The lowest BCUT2D eigenvalue weighted by molar-refractivity contribution is 0.579. The van der Waals surface area contributed by atoms with Crippen LogP contribution in [0.2, 0.25) is 5.02 Å². The van der Waals surface area contributed by atoms with Gasteiger partial charge in [-0.1, -0.05) is 11.6 Å². The number of anilines is 1. The number of nitrogens with zero attached hydrogens (tertiary/aromatic N) is 2. The van der Waals surface area contributed by atoms with Gasteiger partial charge in [0.15, 0.2) is 0 Å². The lowest BCUT2D eigenvalue weighted by atomic mass is 10.3. The molecule has 0 saturated carbocycles. The van der Waals surface area contributed by atoms with Crippen molar-refractivity contribution in [3.63, 3.8) is 0 Å². The third-order valence-corrected chi connectivity index (χ3v) is 5.39. The third kappa shape index (κ3) is 3.91. The Balaban J connectivity index is 2.27. The second-order valence-electron chi connectivity index (χ2n) is 4.23. The van der Waals surface area contributed by atoms with Gasteiger partial charge in [-0.15, -0.1) is 0 Å². The minimum atomic E-state index is -3.77. The lowest BCUT2D eigenvalue weighted by Gasteiger charge is -2.10. The summed E-state index contributed by atoms with van der Waals surface area (Å²) in [5.74, 6) is 0.569. The summed E-state index contributed by atoms with van der Waals surface area (Å²) >= 11 is 9.01. The standard InChI is InChI=1S/C12H12BrClN4O2S/c1-7-16-3-2-9(18-7)6-17-21(19,20)11-5-8(14)4-10(15)12(11)13/h2-5,17H,6,15H2,1H3. The van der Waals surface area contributed by atoms with Crippen LogP contribution in [0.5, 0.6) is 0 Å². The highest BCUT2D eigenvalue weighted by Crippen LogP contribution is 2.31. The number of aromatic nitrogens is 2. The van der Waals surface area contributed by atoms with E-state index < -0.39 is 10.0 Å². The van der Waals surface area contributed by atoms with Gasteiger partial charge in [-0.2, -0.15) is 0 Å². The Hall–Kier alpha value is -1.22. The van der Waals surface area contributed by atoms with E-state index >= 15 is 0 Å². The van der Waals surface area contributed by atoms with Gasteiger partial charge < -0.3 is 5.73 Å². The van der Waals surface area contributed by atoms with Crippen molar-refractivity contribution in [1.29, 1.82) is 0 Å². The number of nitrogen functional groups attached to an aromatic ring is 1. The number of sulfonamides is 1. The maximum absolute atomic E-state index is 12.3. The zero-order chi connectivity index (χ0) is 15.6. The minimum absolute atomic E-state index is 0.0155. The zero-order valence-corrected chi connectivity index (χ0v) is 14.1. The minimum Gasteiger partial charge on any atom is -0.398 e. The molecule has 0 aliphatic carbocycles. The van der Waals surface area contributed by atoms with E-state index in [0.29, 0.717) is 11.5 Å². The molecule has 3 N–H and O–H groups in total. The molecular weight excluding hydrogens is 380 g/mol. The van der Waals surface area contributed by atoms with Crippen LogP contribution < -0.4 is 10.5 Å². The fourth-order valence-corrected chi connectivity index (χ4v) is 3.92. The molecule has 2 aromatic rings. The van der Waals surface area contributed by atoms with Gasteiger partial charge in [0.05, 0.1) is 21.6 Å². The first kappa shape index (κ1) is 16.2. The van der Waals surface area contributed by atoms with E-state index in [-0.39, 0.29) is 26.6 Å². The summed E-state index contributed by atoms with van der Waals surface area (Å²) in [4.78, 5) is 8.06. The second kappa shape index (κ2) is 6.27. The Kier molecular flexibility index (Phi) is 4.82. The van der Waals surface area contributed by atoms with Gasteiger partial charge in [0.2, 0.25) is 10.0 Å². The quantitative estimate of drug-likeness (QED) is 0.779. The molecule has 0 spiro atoms. The predicted molar refractivity (Wildman–Crippen MR) is 84.4 cm³/mol. The van der Waals surface area contributed by atoms with Crippen LogP contribution in [0.3, 0.4) is 0 Å². The highest BCUT2D eigenvalue weighted by Gasteiger charge is 2.20. The van der Waals surface area contributed by atoms with Gasteiger partial charge in [0, 0.05) is 16.9 Å². The maximum atomic E-state index is 12.3. The van der Waals surface area contributed by atoms with Gasteiger partial charge >= 0.3 is 0 Å². The van der Waals surface area contributed by atoms with Crippen molar-refractivity contribution >= 4 is 43.2 Å². The van der Waals surface area contributed by atoms with Crippen LogP contribution in [-0.4, -0.2) is 18.4 Å². The molecule has 1 aromatic carbocycles. The topological polar surface area (TPSA) is 98.0 Å². The summed E-state index contributed by atoms with van der Waals surface area (Å²) in [5, 5.41) is 0.244. The normalized spacial score (nSPS) is 11.6. The summed E-state index contributed by atoms with van der Waals surface area (Å²) < 4.78 is 27.4. The summed E-state index contributed by atoms with van der Waals surface area (Å²) in [6.45, 7) is 1.77. The molecule has 0 fully saturated rings. The van der Waals surface area contributed by atoms with Crippen molar-refractivity contribution in [3.8, 4) is 0 Å². The predicted octanol–water partition coefficient (Wildman–Crippen LogP) is 2.26. The van der Waals surface area contributed by atoms with E-state index in [0.717, 1.165) is 0 Å². The van der Waals surface area contributed by atoms with Gasteiger partial charge in [-0.25, -0.2) is 23.1 Å². The zero-order valence-electron chi connectivity index (χ0n) is 11.0. The molecule has 0 aliphatic heterocycles. The number of rotatable bonds is 4. The van der Waals surface area contributed by atoms with Crippen LogP contribution in [0, 0.1) is 6.92 Å². The van der Waals surface area contributed by atoms with Crippen LogP contribution in [0.25, 0.3) is 0 Å². The van der Waals surface area contributed by atoms with Gasteiger partial charge in [-0.3, -0.25) is 0 Å². The maximum Gasteiger partial charge on any atom is 0.242 e. The van der Waals surface area contributed by atoms with E-state index in [2.05, 4.69) is 30.6 Å². The first-order valence-corrected chi connectivity index (χ1v) is 8.48. The number of benzene rings is 1. The molecule has 6 nitrogen and oxygen atoms in total. The Labute approximate surface area is 135 Å². The molecule has 1 heterocycles.